The Morgan fingerprint density at radius 3 is 2.57 bits per heavy atom. The van der Waals surface area contributed by atoms with Gasteiger partial charge in [-0.3, -0.25) is 9.36 Å². The van der Waals surface area contributed by atoms with Gasteiger partial charge < -0.3 is 9.30 Å². The van der Waals surface area contributed by atoms with E-state index in [-0.39, 0.29) is 5.78 Å². The van der Waals surface area contributed by atoms with Crippen molar-refractivity contribution in [3.8, 4) is 5.69 Å². The summed E-state index contributed by atoms with van der Waals surface area (Å²) in [5, 5.41) is 0.823. The van der Waals surface area contributed by atoms with Crippen LogP contribution < -0.4 is 0 Å². The summed E-state index contributed by atoms with van der Waals surface area (Å²) >= 11 is 1.48. The number of benzene rings is 2. The van der Waals surface area contributed by atoms with Crippen LogP contribution in [0.15, 0.2) is 65.8 Å². The van der Waals surface area contributed by atoms with Crippen LogP contribution in [0.25, 0.3) is 16.7 Å². The van der Waals surface area contributed by atoms with E-state index in [1.54, 1.807) is 7.11 Å². The van der Waals surface area contributed by atoms with Gasteiger partial charge in [0, 0.05) is 36.3 Å². The van der Waals surface area contributed by atoms with Crippen LogP contribution in [0.2, 0.25) is 0 Å². The molecule has 0 saturated heterocycles. The number of rotatable bonds is 8. The largest absolute Gasteiger partial charge is 0.383 e. The fourth-order valence-electron chi connectivity index (χ4n) is 3.75. The molecule has 0 aliphatic heterocycles. The van der Waals surface area contributed by atoms with Crippen molar-refractivity contribution in [2.75, 3.05) is 19.5 Å². The summed E-state index contributed by atoms with van der Waals surface area (Å²) in [6.07, 6.45) is 0. The molecule has 0 amide bonds. The third-order valence-corrected chi connectivity index (χ3v) is 6.21. The Bertz CT molecular complexity index is 1180. The van der Waals surface area contributed by atoms with Crippen molar-refractivity contribution in [2.24, 2.45) is 0 Å². The first-order chi connectivity index (χ1) is 14.6. The molecule has 4 aromatic rings. The van der Waals surface area contributed by atoms with Crippen LogP contribution in [-0.2, 0) is 11.3 Å². The van der Waals surface area contributed by atoms with Crippen LogP contribution in [0.4, 0.5) is 0 Å². The molecule has 4 rings (SSSR count). The summed E-state index contributed by atoms with van der Waals surface area (Å²) in [5.41, 5.74) is 5.85. The predicted octanol–water partition coefficient (Wildman–Crippen LogP) is 5.07. The van der Waals surface area contributed by atoms with Gasteiger partial charge in [-0.25, -0.2) is 4.98 Å². The summed E-state index contributed by atoms with van der Waals surface area (Å²) in [5.74, 6) is 0.452. The molecule has 2 heterocycles. The zero-order valence-electron chi connectivity index (χ0n) is 17.5. The number of imidazole rings is 1. The van der Waals surface area contributed by atoms with Crippen molar-refractivity contribution in [3.63, 3.8) is 0 Å². The molecular weight excluding hydrogens is 394 g/mol. The maximum absolute atomic E-state index is 13.0. The molecule has 0 atom stereocenters. The maximum Gasteiger partial charge on any atom is 0.175 e. The van der Waals surface area contributed by atoms with Crippen molar-refractivity contribution in [1.29, 1.82) is 0 Å². The first kappa shape index (κ1) is 20.4. The van der Waals surface area contributed by atoms with E-state index in [0.717, 1.165) is 45.4 Å². The normalized spacial score (nSPS) is 11.3. The van der Waals surface area contributed by atoms with Gasteiger partial charge in [-0.15, -0.1) is 0 Å². The highest BCUT2D eigenvalue weighted by molar-refractivity contribution is 7.99. The number of Topliss-reactive ketones (excluding diaryl/α,β-unsaturated/α-hetero) is 1. The fourth-order valence-corrected chi connectivity index (χ4v) is 4.66. The first-order valence-electron chi connectivity index (χ1n) is 9.94. The number of para-hydroxylation sites is 3. The fraction of sp³-hybridized carbons (Fsp3) is 0.250. The van der Waals surface area contributed by atoms with Gasteiger partial charge in [-0.1, -0.05) is 42.1 Å². The van der Waals surface area contributed by atoms with Crippen molar-refractivity contribution < 1.29 is 9.53 Å². The second-order valence-corrected chi connectivity index (χ2v) is 8.14. The SMILES string of the molecule is COCCn1c(C)cc(C(=O)CSc2nc3ccccc3n2-c2ccccc2)c1C. The van der Waals surface area contributed by atoms with Crippen LogP contribution in [0.1, 0.15) is 21.7 Å². The van der Waals surface area contributed by atoms with Gasteiger partial charge in [0.15, 0.2) is 10.9 Å². The van der Waals surface area contributed by atoms with Gasteiger partial charge in [0.25, 0.3) is 0 Å². The van der Waals surface area contributed by atoms with Crippen LogP contribution in [0, 0.1) is 13.8 Å². The zero-order valence-corrected chi connectivity index (χ0v) is 18.3. The highest BCUT2D eigenvalue weighted by atomic mass is 32.2. The lowest BCUT2D eigenvalue weighted by Crippen LogP contribution is -2.10. The Balaban J connectivity index is 1.61. The third kappa shape index (κ3) is 3.93. The number of carbonyl (C=O) groups is 1. The number of carbonyl (C=O) groups excluding carboxylic acids is 1. The molecule has 0 aliphatic carbocycles. The van der Waals surface area contributed by atoms with Gasteiger partial charge in [0.2, 0.25) is 0 Å². The number of ketones is 1. The van der Waals surface area contributed by atoms with E-state index in [2.05, 4.69) is 27.3 Å². The monoisotopic (exact) mass is 419 g/mol. The van der Waals surface area contributed by atoms with Gasteiger partial charge in [-0.2, -0.15) is 0 Å². The molecule has 154 valence electrons. The number of hydrogen-bond donors (Lipinski definition) is 0. The van der Waals surface area contributed by atoms with E-state index >= 15 is 0 Å². The number of fused-ring (bicyclic) bond motifs is 1. The van der Waals surface area contributed by atoms with Crippen molar-refractivity contribution in [2.45, 2.75) is 25.5 Å². The second-order valence-electron chi connectivity index (χ2n) is 7.20. The van der Waals surface area contributed by atoms with Gasteiger partial charge in [0.05, 0.1) is 23.4 Å². The Morgan fingerprint density at radius 2 is 1.80 bits per heavy atom. The molecule has 0 unspecified atom stereocenters. The minimum absolute atomic E-state index is 0.114. The second kappa shape index (κ2) is 8.90. The molecule has 5 nitrogen and oxygen atoms in total. The number of aryl methyl sites for hydroxylation is 1. The van der Waals surface area contributed by atoms with E-state index in [0.29, 0.717) is 12.4 Å². The average Bonchev–Trinajstić information content (AvgIpc) is 3.28. The van der Waals surface area contributed by atoms with Crippen LogP contribution in [-0.4, -0.2) is 39.4 Å². The average molecular weight is 420 g/mol. The Morgan fingerprint density at radius 1 is 1.07 bits per heavy atom. The van der Waals surface area contributed by atoms with E-state index < -0.39 is 0 Å². The smallest absolute Gasteiger partial charge is 0.175 e. The quantitative estimate of drug-likeness (QED) is 0.296. The summed E-state index contributed by atoms with van der Waals surface area (Å²) in [6.45, 7) is 5.40. The topological polar surface area (TPSA) is 49.1 Å². The third-order valence-electron chi connectivity index (χ3n) is 5.27. The number of aromatic nitrogens is 3. The van der Waals surface area contributed by atoms with Crippen molar-refractivity contribution in [1.82, 2.24) is 14.1 Å². The molecule has 0 radical (unpaired) electrons. The van der Waals surface area contributed by atoms with Crippen LogP contribution >= 0.6 is 11.8 Å². The molecule has 0 bridgehead atoms. The summed E-state index contributed by atoms with van der Waals surface area (Å²) in [6, 6.07) is 20.2. The van der Waals surface area contributed by atoms with E-state index in [9.17, 15) is 4.79 Å². The standard InChI is InChI=1S/C24H25N3O2S/c1-17-15-20(18(2)26(17)13-14-29-3)23(28)16-30-24-25-21-11-7-8-12-22(21)27(24)19-9-5-4-6-10-19/h4-12,15H,13-14,16H2,1-3H3. The van der Waals surface area contributed by atoms with Crippen molar-refractivity contribution >= 4 is 28.6 Å². The Kier molecular flexibility index (Phi) is 6.06. The number of ether oxygens (including phenoxy) is 1. The number of methoxy groups -OCH3 is 1. The lowest BCUT2D eigenvalue weighted by Gasteiger charge is -2.09. The first-order valence-corrected chi connectivity index (χ1v) is 10.9. The molecule has 0 N–H and O–H groups in total. The summed E-state index contributed by atoms with van der Waals surface area (Å²) < 4.78 is 9.45. The molecule has 0 aliphatic rings. The molecule has 6 heteroatoms. The molecule has 0 saturated carbocycles. The highest BCUT2D eigenvalue weighted by Gasteiger charge is 2.18. The van der Waals surface area contributed by atoms with Gasteiger partial charge >= 0.3 is 0 Å². The van der Waals surface area contributed by atoms with E-state index in [4.69, 9.17) is 9.72 Å². The molecule has 0 fully saturated rings. The molecule has 0 spiro atoms. The Hall–Kier alpha value is -2.83. The highest BCUT2D eigenvalue weighted by Crippen LogP contribution is 2.29. The van der Waals surface area contributed by atoms with Crippen LogP contribution in [0.5, 0.6) is 0 Å². The number of hydrogen-bond acceptors (Lipinski definition) is 4. The van der Waals surface area contributed by atoms with Crippen molar-refractivity contribution in [3.05, 3.63) is 77.6 Å². The molecule has 2 aromatic carbocycles. The minimum Gasteiger partial charge on any atom is -0.383 e. The van der Waals surface area contributed by atoms with Crippen LogP contribution in [0.3, 0.4) is 0 Å². The number of nitrogens with zero attached hydrogens (tertiary/aromatic N) is 3. The maximum atomic E-state index is 13.0. The summed E-state index contributed by atoms with van der Waals surface area (Å²) in [7, 11) is 1.69. The predicted molar refractivity (Wildman–Crippen MR) is 122 cm³/mol. The van der Waals surface area contributed by atoms with E-state index in [1.165, 1.54) is 11.8 Å². The molecular formula is C24H25N3O2S. The lowest BCUT2D eigenvalue weighted by atomic mass is 10.2. The summed E-state index contributed by atoms with van der Waals surface area (Å²) in [4.78, 5) is 17.8. The number of thioether (sulfide) groups is 1. The van der Waals surface area contributed by atoms with Gasteiger partial charge in [-0.05, 0) is 44.2 Å². The van der Waals surface area contributed by atoms with Gasteiger partial charge in [0.1, 0.15) is 0 Å². The van der Waals surface area contributed by atoms with E-state index in [1.807, 2.05) is 56.3 Å². The zero-order chi connectivity index (χ0) is 21.1. The molecule has 2 aromatic heterocycles. The lowest BCUT2D eigenvalue weighted by molar-refractivity contribution is 0.102. The molecule has 30 heavy (non-hydrogen) atoms. The minimum atomic E-state index is 0.114. The Labute approximate surface area is 180 Å².